The zero-order valence-electron chi connectivity index (χ0n) is 16.0. The Kier molecular flexibility index (Phi) is 4.38. The highest BCUT2D eigenvalue weighted by Gasteiger charge is 2.23. The molecular weight excluding hydrogens is 326 g/mol. The van der Waals surface area contributed by atoms with E-state index in [1.807, 2.05) is 29.5 Å². The van der Waals surface area contributed by atoms with Gasteiger partial charge in [0.25, 0.3) is 0 Å². The molecule has 4 rings (SSSR count). The lowest BCUT2D eigenvalue weighted by Gasteiger charge is -2.18. The largest absolute Gasteiger partial charge is 0.365 e. The molecule has 1 atom stereocenters. The van der Waals surface area contributed by atoms with Crippen LogP contribution in [0, 0.1) is 13.8 Å². The minimum Gasteiger partial charge on any atom is -0.365 e. The summed E-state index contributed by atoms with van der Waals surface area (Å²) in [6, 6.07) is 2.30. The molecule has 1 saturated carbocycles. The Morgan fingerprint density at radius 3 is 2.69 bits per heavy atom. The van der Waals surface area contributed by atoms with Crippen LogP contribution in [-0.2, 0) is 13.6 Å². The molecule has 1 N–H and O–H groups in total. The number of anilines is 1. The Labute approximate surface area is 153 Å². The van der Waals surface area contributed by atoms with Gasteiger partial charge in [-0.25, -0.2) is 9.97 Å². The van der Waals surface area contributed by atoms with Gasteiger partial charge in [-0.15, -0.1) is 0 Å². The smallest absolute Gasteiger partial charge is 0.163 e. The van der Waals surface area contributed by atoms with Crippen LogP contribution in [0.3, 0.4) is 0 Å². The number of aromatic nitrogens is 6. The van der Waals surface area contributed by atoms with Gasteiger partial charge in [0.1, 0.15) is 11.6 Å². The fraction of sp³-hybridized carbons (Fsp3) is 0.579. The lowest BCUT2D eigenvalue weighted by atomic mass is 10.1. The molecular formula is C19H27N7. The van der Waals surface area contributed by atoms with Gasteiger partial charge in [0.15, 0.2) is 5.65 Å². The molecule has 0 bridgehead atoms. The van der Waals surface area contributed by atoms with Crippen LogP contribution in [0.25, 0.3) is 11.0 Å². The molecule has 3 aromatic heterocycles. The summed E-state index contributed by atoms with van der Waals surface area (Å²) in [5, 5.41) is 13.5. The maximum atomic E-state index is 4.90. The van der Waals surface area contributed by atoms with Gasteiger partial charge in [0.2, 0.25) is 0 Å². The average molecular weight is 353 g/mol. The summed E-state index contributed by atoms with van der Waals surface area (Å²) in [5.41, 5.74) is 3.13. The van der Waals surface area contributed by atoms with Gasteiger partial charge in [-0.1, -0.05) is 12.8 Å². The number of hydrogen-bond acceptors (Lipinski definition) is 5. The zero-order chi connectivity index (χ0) is 18.3. The van der Waals surface area contributed by atoms with E-state index in [1.54, 1.807) is 0 Å². The summed E-state index contributed by atoms with van der Waals surface area (Å²) < 4.78 is 3.89. The van der Waals surface area contributed by atoms with Gasteiger partial charge in [0, 0.05) is 24.7 Å². The Morgan fingerprint density at radius 1 is 1.23 bits per heavy atom. The van der Waals surface area contributed by atoms with Crippen LogP contribution in [0.4, 0.5) is 5.82 Å². The van der Waals surface area contributed by atoms with Crippen LogP contribution in [0.5, 0.6) is 0 Å². The molecule has 0 aromatic carbocycles. The zero-order valence-corrected chi connectivity index (χ0v) is 16.0. The summed E-state index contributed by atoms with van der Waals surface area (Å²) in [6.45, 7) is 7.08. The summed E-state index contributed by atoms with van der Waals surface area (Å²) in [4.78, 5) is 9.72. The second kappa shape index (κ2) is 6.70. The van der Waals surface area contributed by atoms with E-state index in [2.05, 4.69) is 35.4 Å². The SMILES string of the molecule is Cc1cc(C)n(C[C@H](C)Nc2nc(C3CCCC3)nc3c2cnn3C)n1. The van der Waals surface area contributed by atoms with Crippen LogP contribution >= 0.6 is 0 Å². The van der Waals surface area contributed by atoms with Crippen molar-refractivity contribution in [3.8, 4) is 0 Å². The van der Waals surface area contributed by atoms with Gasteiger partial charge in [-0.2, -0.15) is 10.2 Å². The number of rotatable bonds is 5. The van der Waals surface area contributed by atoms with E-state index in [0.717, 1.165) is 34.9 Å². The molecule has 3 heterocycles. The van der Waals surface area contributed by atoms with Crippen molar-refractivity contribution in [2.24, 2.45) is 7.05 Å². The minimum absolute atomic E-state index is 0.197. The number of hydrogen-bond donors (Lipinski definition) is 1. The minimum atomic E-state index is 0.197. The molecule has 0 amide bonds. The standard InChI is InChI=1S/C19H27N7/c1-12-9-14(3)26(24-12)11-13(2)21-18-16-10-20-25(4)19(16)23-17(22-18)15-7-5-6-8-15/h9-10,13,15H,5-8,11H2,1-4H3,(H,21,22,23)/t13-/m0/s1. The van der Waals surface area contributed by atoms with Crippen LogP contribution in [-0.4, -0.2) is 35.6 Å². The van der Waals surface area contributed by atoms with Gasteiger partial charge < -0.3 is 5.32 Å². The summed E-state index contributed by atoms with van der Waals surface area (Å²) in [7, 11) is 1.94. The van der Waals surface area contributed by atoms with E-state index in [4.69, 9.17) is 9.97 Å². The van der Waals surface area contributed by atoms with Crippen molar-refractivity contribution in [3.63, 3.8) is 0 Å². The summed E-state index contributed by atoms with van der Waals surface area (Å²) >= 11 is 0. The van der Waals surface area contributed by atoms with Crippen molar-refractivity contribution in [2.75, 3.05) is 5.32 Å². The first kappa shape index (κ1) is 17.0. The molecule has 0 radical (unpaired) electrons. The Bertz CT molecular complexity index is 918. The van der Waals surface area contributed by atoms with Crippen molar-refractivity contribution >= 4 is 16.9 Å². The molecule has 0 unspecified atom stereocenters. The monoisotopic (exact) mass is 353 g/mol. The fourth-order valence-corrected chi connectivity index (χ4v) is 3.91. The average Bonchev–Trinajstić information content (AvgIpc) is 3.30. The molecule has 0 spiro atoms. The predicted octanol–water partition coefficient (Wildman–Crippen LogP) is 3.33. The molecule has 0 aliphatic heterocycles. The Hall–Kier alpha value is -2.44. The maximum Gasteiger partial charge on any atom is 0.163 e. The van der Waals surface area contributed by atoms with Gasteiger partial charge >= 0.3 is 0 Å². The lowest BCUT2D eigenvalue weighted by Crippen LogP contribution is -2.24. The van der Waals surface area contributed by atoms with Crippen molar-refractivity contribution in [1.82, 2.24) is 29.5 Å². The number of nitrogens with one attached hydrogen (secondary N) is 1. The van der Waals surface area contributed by atoms with Crippen molar-refractivity contribution < 1.29 is 0 Å². The molecule has 7 nitrogen and oxygen atoms in total. The topological polar surface area (TPSA) is 73.5 Å². The molecule has 0 saturated heterocycles. The van der Waals surface area contributed by atoms with Crippen LogP contribution < -0.4 is 5.32 Å². The first-order chi connectivity index (χ1) is 12.5. The normalized spacial score (nSPS) is 16.5. The third kappa shape index (κ3) is 3.18. The van der Waals surface area contributed by atoms with Crippen molar-refractivity contribution in [1.29, 1.82) is 0 Å². The van der Waals surface area contributed by atoms with Crippen LogP contribution in [0.1, 0.15) is 55.7 Å². The van der Waals surface area contributed by atoms with E-state index in [-0.39, 0.29) is 6.04 Å². The van der Waals surface area contributed by atoms with E-state index in [9.17, 15) is 0 Å². The van der Waals surface area contributed by atoms with Gasteiger partial charge in [-0.3, -0.25) is 9.36 Å². The number of aryl methyl sites for hydroxylation is 3. The third-order valence-corrected chi connectivity index (χ3v) is 5.26. The highest BCUT2D eigenvalue weighted by Crippen LogP contribution is 2.34. The molecule has 7 heteroatoms. The first-order valence-electron chi connectivity index (χ1n) is 9.48. The van der Waals surface area contributed by atoms with Gasteiger partial charge in [-0.05, 0) is 39.7 Å². The van der Waals surface area contributed by atoms with Gasteiger partial charge in [0.05, 0.1) is 23.8 Å². The molecule has 1 aliphatic rings. The van der Waals surface area contributed by atoms with E-state index >= 15 is 0 Å². The van der Waals surface area contributed by atoms with E-state index < -0.39 is 0 Å². The Balaban J connectivity index is 1.63. The molecule has 1 fully saturated rings. The van der Waals surface area contributed by atoms with Crippen molar-refractivity contribution in [3.05, 3.63) is 29.5 Å². The number of fused-ring (bicyclic) bond motifs is 1. The molecule has 26 heavy (non-hydrogen) atoms. The third-order valence-electron chi connectivity index (χ3n) is 5.26. The van der Waals surface area contributed by atoms with E-state index in [0.29, 0.717) is 5.92 Å². The quantitative estimate of drug-likeness (QED) is 0.761. The molecule has 138 valence electrons. The second-order valence-corrected chi connectivity index (χ2v) is 7.57. The second-order valence-electron chi connectivity index (χ2n) is 7.57. The fourth-order valence-electron chi connectivity index (χ4n) is 3.91. The Morgan fingerprint density at radius 2 is 2.00 bits per heavy atom. The summed E-state index contributed by atoms with van der Waals surface area (Å²) in [5.74, 6) is 2.32. The van der Waals surface area contributed by atoms with Crippen molar-refractivity contribution in [2.45, 2.75) is 65.0 Å². The maximum absolute atomic E-state index is 4.90. The summed E-state index contributed by atoms with van der Waals surface area (Å²) in [6.07, 6.45) is 6.77. The van der Waals surface area contributed by atoms with E-state index in [1.165, 1.54) is 31.4 Å². The predicted molar refractivity (Wildman–Crippen MR) is 102 cm³/mol. The lowest BCUT2D eigenvalue weighted by molar-refractivity contribution is 0.544. The number of nitrogens with zero attached hydrogens (tertiary/aromatic N) is 6. The van der Waals surface area contributed by atoms with Crippen LogP contribution in [0.15, 0.2) is 12.3 Å². The van der Waals surface area contributed by atoms with Crippen LogP contribution in [0.2, 0.25) is 0 Å². The highest BCUT2D eigenvalue weighted by atomic mass is 15.3. The first-order valence-corrected chi connectivity index (χ1v) is 9.48. The molecule has 3 aromatic rings. The molecule has 1 aliphatic carbocycles. The highest BCUT2D eigenvalue weighted by molar-refractivity contribution is 5.86.